The molecule has 0 aliphatic rings. The van der Waals surface area contributed by atoms with E-state index in [9.17, 15) is 13.6 Å². The summed E-state index contributed by atoms with van der Waals surface area (Å²) in [6, 6.07) is 10.2. The lowest BCUT2D eigenvalue weighted by Gasteiger charge is -2.28. The third-order valence-corrected chi connectivity index (χ3v) is 4.00. The third kappa shape index (κ3) is 4.92. The van der Waals surface area contributed by atoms with Crippen LogP contribution in [-0.4, -0.2) is 30.6 Å². The zero-order valence-corrected chi connectivity index (χ0v) is 14.6. The van der Waals surface area contributed by atoms with Gasteiger partial charge in [-0.2, -0.15) is 0 Å². The average molecular weight is 348 g/mol. The maximum atomic E-state index is 13.7. The van der Waals surface area contributed by atoms with E-state index < -0.39 is 17.7 Å². The van der Waals surface area contributed by atoms with Gasteiger partial charge >= 0.3 is 6.03 Å². The minimum atomic E-state index is -0.799. The van der Waals surface area contributed by atoms with E-state index in [1.54, 1.807) is 12.0 Å². The van der Waals surface area contributed by atoms with Crippen molar-refractivity contribution in [2.75, 3.05) is 19.0 Å². The van der Waals surface area contributed by atoms with Gasteiger partial charge in [0.15, 0.2) is 0 Å². The molecular formula is C19H22F2N2O2. The van der Waals surface area contributed by atoms with Crippen molar-refractivity contribution in [3.63, 3.8) is 0 Å². The quantitative estimate of drug-likeness (QED) is 0.837. The molecule has 2 aromatic rings. The van der Waals surface area contributed by atoms with Crippen LogP contribution in [0.3, 0.4) is 0 Å². The molecule has 134 valence electrons. The van der Waals surface area contributed by atoms with Gasteiger partial charge in [-0.1, -0.05) is 12.1 Å². The fourth-order valence-corrected chi connectivity index (χ4v) is 2.65. The van der Waals surface area contributed by atoms with E-state index in [0.29, 0.717) is 13.0 Å². The SMILES string of the molecule is CCN(C(=O)Nc1ccc(F)cc1F)C(C)Cc1ccc(OC)cc1. The Kier molecular flexibility index (Phi) is 6.33. The van der Waals surface area contributed by atoms with Gasteiger partial charge in [-0.25, -0.2) is 13.6 Å². The van der Waals surface area contributed by atoms with Gasteiger partial charge in [0, 0.05) is 18.7 Å². The van der Waals surface area contributed by atoms with E-state index in [1.807, 2.05) is 38.1 Å². The van der Waals surface area contributed by atoms with Gasteiger partial charge in [0.05, 0.1) is 12.8 Å². The molecule has 0 spiro atoms. The first-order valence-electron chi connectivity index (χ1n) is 8.10. The van der Waals surface area contributed by atoms with Crippen LogP contribution in [0.15, 0.2) is 42.5 Å². The molecule has 1 unspecified atom stereocenters. The largest absolute Gasteiger partial charge is 0.497 e. The number of nitrogens with one attached hydrogen (secondary N) is 1. The van der Waals surface area contributed by atoms with E-state index in [2.05, 4.69) is 5.32 Å². The fourth-order valence-electron chi connectivity index (χ4n) is 2.65. The number of hydrogen-bond acceptors (Lipinski definition) is 2. The lowest BCUT2D eigenvalue weighted by Crippen LogP contribution is -2.42. The Morgan fingerprint density at radius 1 is 1.20 bits per heavy atom. The Labute approximate surface area is 146 Å². The summed E-state index contributed by atoms with van der Waals surface area (Å²) in [5.74, 6) is -0.712. The van der Waals surface area contributed by atoms with Crippen LogP contribution in [0.5, 0.6) is 5.75 Å². The highest BCUT2D eigenvalue weighted by Crippen LogP contribution is 2.18. The Hall–Kier alpha value is -2.63. The molecule has 4 nitrogen and oxygen atoms in total. The van der Waals surface area contributed by atoms with Crippen LogP contribution >= 0.6 is 0 Å². The van der Waals surface area contributed by atoms with Crippen LogP contribution < -0.4 is 10.1 Å². The second kappa shape index (κ2) is 8.46. The van der Waals surface area contributed by atoms with Crippen molar-refractivity contribution < 1.29 is 18.3 Å². The number of carbonyl (C=O) groups excluding carboxylic acids is 1. The molecule has 2 aromatic carbocycles. The van der Waals surface area contributed by atoms with Gasteiger partial charge in [-0.15, -0.1) is 0 Å². The lowest BCUT2D eigenvalue weighted by molar-refractivity contribution is 0.196. The van der Waals surface area contributed by atoms with E-state index in [1.165, 1.54) is 6.07 Å². The summed E-state index contributed by atoms with van der Waals surface area (Å²) in [5, 5.41) is 2.50. The molecule has 0 aromatic heterocycles. The van der Waals surface area contributed by atoms with Crippen molar-refractivity contribution in [3.8, 4) is 5.75 Å². The van der Waals surface area contributed by atoms with Crippen LogP contribution in [0.4, 0.5) is 19.3 Å². The molecule has 2 rings (SSSR count). The first kappa shape index (κ1) is 18.7. The predicted octanol–water partition coefficient (Wildman–Crippen LogP) is 4.46. The molecule has 1 atom stereocenters. The topological polar surface area (TPSA) is 41.6 Å². The normalized spacial score (nSPS) is 11.7. The molecule has 0 bridgehead atoms. The van der Waals surface area contributed by atoms with Crippen LogP contribution in [0.1, 0.15) is 19.4 Å². The first-order valence-corrected chi connectivity index (χ1v) is 8.10. The molecule has 2 amide bonds. The first-order chi connectivity index (χ1) is 11.9. The molecule has 0 aliphatic heterocycles. The second-order valence-electron chi connectivity index (χ2n) is 5.74. The molecule has 1 N–H and O–H groups in total. The number of ether oxygens (including phenoxy) is 1. The summed E-state index contributed by atoms with van der Waals surface area (Å²) in [7, 11) is 1.61. The second-order valence-corrected chi connectivity index (χ2v) is 5.74. The van der Waals surface area contributed by atoms with Crippen LogP contribution in [-0.2, 0) is 6.42 Å². The highest BCUT2D eigenvalue weighted by atomic mass is 19.1. The zero-order valence-electron chi connectivity index (χ0n) is 14.6. The number of anilines is 1. The molecular weight excluding hydrogens is 326 g/mol. The van der Waals surface area contributed by atoms with Gasteiger partial charge in [0.2, 0.25) is 0 Å². The number of hydrogen-bond donors (Lipinski definition) is 1. The number of methoxy groups -OCH3 is 1. The van der Waals surface area contributed by atoms with Crippen molar-refractivity contribution >= 4 is 11.7 Å². The summed E-state index contributed by atoms with van der Waals surface area (Å²) in [6.07, 6.45) is 0.650. The predicted molar refractivity (Wildman–Crippen MR) is 93.9 cm³/mol. The number of amides is 2. The van der Waals surface area contributed by atoms with Crippen LogP contribution in [0.2, 0.25) is 0 Å². The molecule has 0 radical (unpaired) electrons. The minimum absolute atomic E-state index is 0.0403. The van der Waals surface area contributed by atoms with E-state index in [-0.39, 0.29) is 11.7 Å². The van der Waals surface area contributed by atoms with Gasteiger partial charge < -0.3 is 15.0 Å². The lowest BCUT2D eigenvalue weighted by atomic mass is 10.1. The minimum Gasteiger partial charge on any atom is -0.497 e. The highest BCUT2D eigenvalue weighted by molar-refractivity contribution is 5.89. The molecule has 6 heteroatoms. The van der Waals surface area contributed by atoms with Crippen molar-refractivity contribution in [1.82, 2.24) is 4.90 Å². The van der Waals surface area contributed by atoms with E-state index in [0.717, 1.165) is 23.4 Å². The monoisotopic (exact) mass is 348 g/mol. The summed E-state index contributed by atoms with van der Waals surface area (Å²) in [5.41, 5.74) is 1.02. The van der Waals surface area contributed by atoms with Gasteiger partial charge in [-0.05, 0) is 50.1 Å². The molecule has 25 heavy (non-hydrogen) atoms. The molecule has 0 saturated heterocycles. The Balaban J connectivity index is 2.04. The molecule has 0 fully saturated rings. The maximum Gasteiger partial charge on any atom is 0.322 e. The van der Waals surface area contributed by atoms with E-state index >= 15 is 0 Å². The standard InChI is InChI=1S/C19H22F2N2O2/c1-4-23(13(2)11-14-5-8-16(25-3)9-6-14)19(24)22-18-10-7-15(20)12-17(18)21/h5-10,12-13H,4,11H2,1-3H3,(H,22,24). The van der Waals surface area contributed by atoms with Crippen LogP contribution in [0.25, 0.3) is 0 Å². The number of nitrogens with zero attached hydrogens (tertiary/aromatic N) is 1. The Bertz CT molecular complexity index is 720. The average Bonchev–Trinajstić information content (AvgIpc) is 2.58. The molecule has 0 aliphatic carbocycles. The van der Waals surface area contributed by atoms with Gasteiger partial charge in [0.25, 0.3) is 0 Å². The van der Waals surface area contributed by atoms with E-state index in [4.69, 9.17) is 4.74 Å². The Morgan fingerprint density at radius 3 is 2.44 bits per heavy atom. The zero-order chi connectivity index (χ0) is 18.4. The number of urea groups is 1. The number of benzene rings is 2. The molecule has 0 saturated carbocycles. The highest BCUT2D eigenvalue weighted by Gasteiger charge is 2.20. The third-order valence-electron chi connectivity index (χ3n) is 4.00. The van der Waals surface area contributed by atoms with Gasteiger partial charge in [0.1, 0.15) is 17.4 Å². The number of likely N-dealkylation sites (N-methyl/N-ethyl adjacent to an activating group) is 1. The van der Waals surface area contributed by atoms with Crippen LogP contribution in [0, 0.1) is 11.6 Å². The maximum absolute atomic E-state index is 13.7. The summed E-state index contributed by atoms with van der Waals surface area (Å²) in [6.45, 7) is 4.24. The fraction of sp³-hybridized carbons (Fsp3) is 0.316. The van der Waals surface area contributed by atoms with Crippen molar-refractivity contribution in [3.05, 3.63) is 59.7 Å². The molecule has 0 heterocycles. The summed E-state index contributed by atoms with van der Waals surface area (Å²) < 4.78 is 31.8. The van der Waals surface area contributed by atoms with Crippen molar-refractivity contribution in [1.29, 1.82) is 0 Å². The Morgan fingerprint density at radius 2 is 1.88 bits per heavy atom. The summed E-state index contributed by atoms with van der Waals surface area (Å²) >= 11 is 0. The number of rotatable bonds is 6. The van der Waals surface area contributed by atoms with Crippen molar-refractivity contribution in [2.24, 2.45) is 0 Å². The summed E-state index contributed by atoms with van der Waals surface area (Å²) in [4.78, 5) is 14.1. The van der Waals surface area contributed by atoms with Crippen molar-refractivity contribution in [2.45, 2.75) is 26.3 Å². The number of halogens is 2. The smallest absolute Gasteiger partial charge is 0.322 e. The number of carbonyl (C=O) groups is 1. The van der Waals surface area contributed by atoms with Gasteiger partial charge in [-0.3, -0.25) is 0 Å².